The fourth-order valence-corrected chi connectivity index (χ4v) is 2.15. The van der Waals surface area contributed by atoms with Crippen molar-refractivity contribution in [2.24, 2.45) is 0 Å². The topological polar surface area (TPSA) is 111 Å². The Morgan fingerprint density at radius 1 is 1.19 bits per heavy atom. The monoisotopic (exact) mass is 357 g/mol. The molecule has 3 amide bonds. The Morgan fingerprint density at radius 3 is 2.54 bits per heavy atom. The number of imide groups is 1. The van der Waals surface area contributed by atoms with Crippen LogP contribution in [0.1, 0.15) is 18.1 Å². The molecule has 0 aromatic heterocycles. The lowest BCUT2D eigenvalue weighted by molar-refractivity contribution is -0.386. The summed E-state index contributed by atoms with van der Waals surface area (Å²) in [6.07, 6.45) is -1.08. The molecule has 8 heteroatoms. The Kier molecular flexibility index (Phi) is 6.26. The highest BCUT2D eigenvalue weighted by Gasteiger charge is 2.22. The molecule has 0 radical (unpaired) electrons. The summed E-state index contributed by atoms with van der Waals surface area (Å²) in [5, 5.41) is 15.8. The molecule has 0 bridgehead atoms. The second-order valence-electron chi connectivity index (χ2n) is 5.65. The zero-order valence-electron chi connectivity index (χ0n) is 14.4. The van der Waals surface area contributed by atoms with Gasteiger partial charge in [0.2, 0.25) is 0 Å². The summed E-state index contributed by atoms with van der Waals surface area (Å²) in [7, 11) is 0. The number of urea groups is 1. The molecule has 2 aromatic rings. The lowest BCUT2D eigenvalue weighted by Crippen LogP contribution is -2.44. The highest BCUT2D eigenvalue weighted by Crippen LogP contribution is 2.28. The third kappa shape index (κ3) is 5.30. The molecule has 0 fully saturated rings. The standard InChI is InChI=1S/C18H19N3O5/c1-12-8-9-16(15(10-12)21(24)25)26-13(2)17(22)20-18(23)19-11-14-6-4-3-5-7-14/h3-10,13H,11H2,1-2H3,(H2,19,20,22,23)/t13-/m1/s1. The molecule has 26 heavy (non-hydrogen) atoms. The van der Waals surface area contributed by atoms with Gasteiger partial charge in [-0.15, -0.1) is 0 Å². The Hall–Kier alpha value is -3.42. The van der Waals surface area contributed by atoms with E-state index in [1.807, 2.05) is 30.3 Å². The molecule has 0 saturated carbocycles. The summed E-state index contributed by atoms with van der Waals surface area (Å²) < 4.78 is 5.35. The van der Waals surface area contributed by atoms with Crippen LogP contribution in [-0.2, 0) is 11.3 Å². The molecule has 0 heterocycles. The van der Waals surface area contributed by atoms with Crippen molar-refractivity contribution in [3.63, 3.8) is 0 Å². The molecule has 8 nitrogen and oxygen atoms in total. The fourth-order valence-electron chi connectivity index (χ4n) is 2.15. The van der Waals surface area contributed by atoms with E-state index in [1.165, 1.54) is 19.1 Å². The molecule has 1 atom stereocenters. The minimum Gasteiger partial charge on any atom is -0.474 e. The summed E-state index contributed by atoms with van der Waals surface area (Å²) in [5.74, 6) is -0.738. The zero-order valence-corrected chi connectivity index (χ0v) is 14.4. The van der Waals surface area contributed by atoms with Crippen molar-refractivity contribution in [1.82, 2.24) is 10.6 Å². The van der Waals surface area contributed by atoms with E-state index in [0.717, 1.165) is 5.56 Å². The number of amides is 3. The fraction of sp³-hybridized carbons (Fsp3) is 0.222. The van der Waals surface area contributed by atoms with Crippen LogP contribution in [0.4, 0.5) is 10.5 Å². The van der Waals surface area contributed by atoms with Crippen LogP contribution in [0.25, 0.3) is 0 Å². The van der Waals surface area contributed by atoms with Gasteiger partial charge in [-0.05, 0) is 31.0 Å². The number of nitro groups is 1. The third-order valence-electron chi connectivity index (χ3n) is 3.52. The number of benzene rings is 2. The summed E-state index contributed by atoms with van der Waals surface area (Å²) >= 11 is 0. The van der Waals surface area contributed by atoms with Gasteiger partial charge < -0.3 is 10.1 Å². The number of aryl methyl sites for hydroxylation is 1. The molecule has 0 aliphatic rings. The lowest BCUT2D eigenvalue weighted by Gasteiger charge is -2.14. The average Bonchev–Trinajstić information content (AvgIpc) is 2.62. The number of hydrogen-bond acceptors (Lipinski definition) is 5. The van der Waals surface area contributed by atoms with E-state index in [0.29, 0.717) is 5.56 Å². The predicted molar refractivity (Wildman–Crippen MR) is 94.7 cm³/mol. The summed E-state index contributed by atoms with van der Waals surface area (Å²) in [6, 6.07) is 13.0. The van der Waals surface area contributed by atoms with Crippen LogP contribution < -0.4 is 15.4 Å². The van der Waals surface area contributed by atoms with Gasteiger partial charge in [0.25, 0.3) is 5.91 Å². The van der Waals surface area contributed by atoms with Gasteiger partial charge in [0.15, 0.2) is 11.9 Å². The summed E-state index contributed by atoms with van der Waals surface area (Å²) in [4.78, 5) is 34.3. The van der Waals surface area contributed by atoms with Gasteiger partial charge in [-0.2, -0.15) is 0 Å². The molecule has 0 aliphatic heterocycles. The smallest absolute Gasteiger partial charge is 0.321 e. The van der Waals surface area contributed by atoms with Gasteiger partial charge in [-0.25, -0.2) is 4.79 Å². The van der Waals surface area contributed by atoms with E-state index in [2.05, 4.69) is 10.6 Å². The highest BCUT2D eigenvalue weighted by molar-refractivity contribution is 5.96. The summed E-state index contributed by atoms with van der Waals surface area (Å²) in [6.45, 7) is 3.38. The number of nitro benzene ring substituents is 1. The molecule has 2 rings (SSSR count). The lowest BCUT2D eigenvalue weighted by atomic mass is 10.2. The second kappa shape index (κ2) is 8.61. The van der Waals surface area contributed by atoms with Crippen LogP contribution >= 0.6 is 0 Å². The van der Waals surface area contributed by atoms with Gasteiger partial charge in [-0.1, -0.05) is 36.4 Å². The largest absolute Gasteiger partial charge is 0.474 e. The van der Waals surface area contributed by atoms with Crippen molar-refractivity contribution in [2.45, 2.75) is 26.5 Å². The molecule has 2 N–H and O–H groups in total. The number of nitrogens with one attached hydrogen (secondary N) is 2. The van der Waals surface area contributed by atoms with E-state index in [1.54, 1.807) is 13.0 Å². The molecule has 0 saturated heterocycles. The quantitative estimate of drug-likeness (QED) is 0.610. The van der Waals surface area contributed by atoms with Gasteiger partial charge in [0.05, 0.1) is 4.92 Å². The zero-order chi connectivity index (χ0) is 19.1. The first-order valence-electron chi connectivity index (χ1n) is 7.91. The Labute approximate surface area is 150 Å². The predicted octanol–water partition coefficient (Wildman–Crippen LogP) is 2.70. The number of ether oxygens (including phenoxy) is 1. The van der Waals surface area contributed by atoms with Crippen molar-refractivity contribution in [2.75, 3.05) is 0 Å². The van der Waals surface area contributed by atoms with Crippen LogP contribution in [0, 0.1) is 17.0 Å². The molecule has 0 spiro atoms. The number of rotatable bonds is 6. The van der Waals surface area contributed by atoms with Crippen LogP contribution in [-0.4, -0.2) is 23.0 Å². The van der Waals surface area contributed by atoms with E-state index < -0.39 is 23.0 Å². The van der Waals surface area contributed by atoms with Crippen LogP contribution in [0.5, 0.6) is 5.75 Å². The SMILES string of the molecule is Cc1ccc(O[C@H](C)C(=O)NC(=O)NCc2ccccc2)c([N+](=O)[O-])c1. The normalized spacial score (nSPS) is 11.3. The second-order valence-corrected chi connectivity index (χ2v) is 5.65. The molecule has 2 aromatic carbocycles. The minimum absolute atomic E-state index is 0.0343. The Balaban J connectivity index is 1.91. The molecule has 136 valence electrons. The van der Waals surface area contributed by atoms with Gasteiger partial charge in [0, 0.05) is 12.6 Å². The maximum atomic E-state index is 12.1. The van der Waals surface area contributed by atoms with Gasteiger partial charge in [0.1, 0.15) is 0 Å². The highest BCUT2D eigenvalue weighted by atomic mass is 16.6. The average molecular weight is 357 g/mol. The van der Waals surface area contributed by atoms with E-state index >= 15 is 0 Å². The van der Waals surface area contributed by atoms with Crippen LogP contribution in [0.3, 0.4) is 0 Å². The van der Waals surface area contributed by atoms with Crippen molar-refractivity contribution in [3.05, 3.63) is 69.8 Å². The van der Waals surface area contributed by atoms with Crippen molar-refractivity contribution >= 4 is 17.6 Å². The molecule has 0 unspecified atom stereocenters. The molecular weight excluding hydrogens is 338 g/mol. The molecule has 0 aliphatic carbocycles. The van der Waals surface area contributed by atoms with E-state index in [4.69, 9.17) is 4.74 Å². The number of carbonyl (C=O) groups is 2. The van der Waals surface area contributed by atoms with E-state index in [9.17, 15) is 19.7 Å². The number of carbonyl (C=O) groups excluding carboxylic acids is 2. The van der Waals surface area contributed by atoms with Gasteiger partial charge in [-0.3, -0.25) is 20.2 Å². The van der Waals surface area contributed by atoms with Gasteiger partial charge >= 0.3 is 11.7 Å². The maximum Gasteiger partial charge on any atom is 0.321 e. The number of hydrogen-bond donors (Lipinski definition) is 2. The number of nitrogens with zero attached hydrogens (tertiary/aromatic N) is 1. The van der Waals surface area contributed by atoms with Crippen molar-refractivity contribution in [3.8, 4) is 5.75 Å². The first-order valence-corrected chi connectivity index (χ1v) is 7.91. The minimum atomic E-state index is -1.08. The first kappa shape index (κ1) is 18.9. The summed E-state index contributed by atoms with van der Waals surface area (Å²) in [5.41, 5.74) is 1.34. The maximum absolute atomic E-state index is 12.1. The van der Waals surface area contributed by atoms with Crippen molar-refractivity contribution < 1.29 is 19.2 Å². The molecular formula is C18H19N3O5. The van der Waals surface area contributed by atoms with Crippen LogP contribution in [0.15, 0.2) is 48.5 Å². The van der Waals surface area contributed by atoms with E-state index in [-0.39, 0.29) is 18.0 Å². The first-order chi connectivity index (χ1) is 12.4. The third-order valence-corrected chi connectivity index (χ3v) is 3.52. The van der Waals surface area contributed by atoms with Crippen LogP contribution in [0.2, 0.25) is 0 Å². The van der Waals surface area contributed by atoms with Crippen molar-refractivity contribution in [1.29, 1.82) is 0 Å². The Bertz CT molecular complexity index is 808. The Morgan fingerprint density at radius 2 is 1.88 bits per heavy atom.